The number of hydrogen-bond acceptors (Lipinski definition) is 3. The van der Waals surface area contributed by atoms with Crippen LogP contribution in [0, 0.1) is 0 Å². The molecule has 0 rings (SSSR count). The molecule has 0 saturated heterocycles. The average Bonchev–Trinajstić information content (AvgIpc) is 2.11. The maximum absolute atomic E-state index is 5.32. The fraction of sp³-hybridized carbons (Fsp3) is 1.00. The molecule has 0 radical (unpaired) electrons. The molecule has 1 atom stereocenters. The van der Waals surface area contributed by atoms with Crippen LogP contribution in [-0.2, 0) is 9.47 Å². The molecule has 0 aliphatic heterocycles. The molecule has 0 saturated carbocycles. The highest BCUT2D eigenvalue weighted by Crippen LogP contribution is 1.93. The predicted molar refractivity (Wildman–Crippen MR) is 55.1 cm³/mol. The highest BCUT2D eigenvalue weighted by molar-refractivity contribution is 4.58. The lowest BCUT2D eigenvalue weighted by molar-refractivity contribution is 0.0711. The van der Waals surface area contributed by atoms with Gasteiger partial charge in [0.15, 0.2) is 0 Å². The van der Waals surface area contributed by atoms with E-state index in [1.807, 2.05) is 0 Å². The van der Waals surface area contributed by atoms with Crippen molar-refractivity contribution in [3.63, 3.8) is 0 Å². The zero-order valence-electron chi connectivity index (χ0n) is 9.14. The van der Waals surface area contributed by atoms with Crippen molar-refractivity contribution in [3.05, 3.63) is 0 Å². The molecule has 0 aromatic carbocycles. The smallest absolute Gasteiger partial charge is 0.0700 e. The Balaban J connectivity index is 2.97. The van der Waals surface area contributed by atoms with Gasteiger partial charge in [-0.05, 0) is 13.3 Å². The molecule has 0 fully saturated rings. The van der Waals surface area contributed by atoms with Gasteiger partial charge in [0.2, 0.25) is 0 Å². The molecule has 1 N–H and O–H groups in total. The largest absolute Gasteiger partial charge is 0.382 e. The predicted octanol–water partition coefficient (Wildman–Crippen LogP) is 1.43. The molecule has 0 aliphatic carbocycles. The van der Waals surface area contributed by atoms with Crippen molar-refractivity contribution < 1.29 is 9.47 Å². The van der Waals surface area contributed by atoms with Crippen LogP contribution in [-0.4, -0.2) is 39.5 Å². The van der Waals surface area contributed by atoms with E-state index in [1.165, 1.54) is 12.8 Å². The first-order chi connectivity index (χ1) is 6.31. The molecule has 3 nitrogen and oxygen atoms in total. The first kappa shape index (κ1) is 12.9. The van der Waals surface area contributed by atoms with Crippen LogP contribution in [0.4, 0.5) is 0 Å². The van der Waals surface area contributed by atoms with E-state index in [0.29, 0.717) is 19.3 Å². The second-order valence-electron chi connectivity index (χ2n) is 3.25. The van der Waals surface area contributed by atoms with E-state index >= 15 is 0 Å². The van der Waals surface area contributed by atoms with Gasteiger partial charge in [0, 0.05) is 19.7 Å². The highest BCUT2D eigenvalue weighted by Gasteiger charge is 1.97. The van der Waals surface area contributed by atoms with Crippen LogP contribution in [0.3, 0.4) is 0 Å². The molecule has 13 heavy (non-hydrogen) atoms. The molecule has 80 valence electrons. The molecule has 0 aliphatic rings. The van der Waals surface area contributed by atoms with Crippen molar-refractivity contribution in [1.29, 1.82) is 0 Å². The fourth-order valence-corrected chi connectivity index (χ4v) is 1.16. The van der Waals surface area contributed by atoms with Gasteiger partial charge in [-0.25, -0.2) is 0 Å². The van der Waals surface area contributed by atoms with E-state index in [2.05, 4.69) is 19.2 Å². The van der Waals surface area contributed by atoms with E-state index in [1.54, 1.807) is 7.11 Å². The summed E-state index contributed by atoms with van der Waals surface area (Å²) in [5.74, 6) is 0. The van der Waals surface area contributed by atoms with Crippen LogP contribution in [0.15, 0.2) is 0 Å². The number of hydrogen-bond donors (Lipinski definition) is 1. The minimum atomic E-state index is 0.607. The zero-order chi connectivity index (χ0) is 9.94. The summed E-state index contributed by atoms with van der Waals surface area (Å²) >= 11 is 0. The van der Waals surface area contributed by atoms with Crippen LogP contribution in [0.5, 0.6) is 0 Å². The summed E-state index contributed by atoms with van der Waals surface area (Å²) in [6.45, 7) is 7.50. The van der Waals surface area contributed by atoms with E-state index in [0.717, 1.165) is 13.2 Å². The Morgan fingerprint density at radius 1 is 1.23 bits per heavy atom. The summed E-state index contributed by atoms with van der Waals surface area (Å²) in [5, 5.41) is 3.39. The van der Waals surface area contributed by atoms with Crippen molar-refractivity contribution >= 4 is 0 Å². The van der Waals surface area contributed by atoms with Crippen LogP contribution in [0.1, 0.15) is 26.7 Å². The fourth-order valence-electron chi connectivity index (χ4n) is 1.16. The van der Waals surface area contributed by atoms with Gasteiger partial charge in [0.1, 0.15) is 0 Å². The van der Waals surface area contributed by atoms with Gasteiger partial charge in [-0.2, -0.15) is 0 Å². The lowest BCUT2D eigenvalue weighted by atomic mass is 10.2. The standard InChI is InChI=1S/C10H23NO2/c1-4-5-10(2)11-6-7-13-9-8-12-3/h10-11H,4-9H2,1-3H3. The van der Waals surface area contributed by atoms with Crippen LogP contribution >= 0.6 is 0 Å². The Morgan fingerprint density at radius 3 is 2.62 bits per heavy atom. The Kier molecular flexibility index (Phi) is 9.87. The van der Waals surface area contributed by atoms with Crippen LogP contribution < -0.4 is 5.32 Å². The van der Waals surface area contributed by atoms with Gasteiger partial charge < -0.3 is 14.8 Å². The molecule has 1 unspecified atom stereocenters. The monoisotopic (exact) mass is 189 g/mol. The van der Waals surface area contributed by atoms with Crippen LogP contribution in [0.2, 0.25) is 0 Å². The summed E-state index contributed by atoms with van der Waals surface area (Å²) in [7, 11) is 1.69. The first-order valence-electron chi connectivity index (χ1n) is 5.11. The van der Waals surface area contributed by atoms with E-state index < -0.39 is 0 Å². The van der Waals surface area contributed by atoms with E-state index in [-0.39, 0.29) is 0 Å². The molecule has 0 spiro atoms. The number of nitrogens with one attached hydrogen (secondary N) is 1. The van der Waals surface area contributed by atoms with Crippen molar-refractivity contribution in [2.45, 2.75) is 32.7 Å². The van der Waals surface area contributed by atoms with Gasteiger partial charge in [-0.15, -0.1) is 0 Å². The van der Waals surface area contributed by atoms with Crippen LogP contribution in [0.25, 0.3) is 0 Å². The summed E-state index contributed by atoms with van der Waals surface area (Å²) in [6, 6.07) is 0.607. The van der Waals surface area contributed by atoms with Gasteiger partial charge >= 0.3 is 0 Å². The van der Waals surface area contributed by atoms with Gasteiger partial charge in [0.05, 0.1) is 19.8 Å². The third-order valence-corrected chi connectivity index (χ3v) is 1.89. The Hall–Kier alpha value is -0.120. The Labute approximate surface area is 81.8 Å². The van der Waals surface area contributed by atoms with Crippen molar-refractivity contribution in [1.82, 2.24) is 5.32 Å². The summed E-state index contributed by atoms with van der Waals surface area (Å²) in [5.41, 5.74) is 0. The summed E-state index contributed by atoms with van der Waals surface area (Å²) in [4.78, 5) is 0. The zero-order valence-corrected chi connectivity index (χ0v) is 9.14. The van der Waals surface area contributed by atoms with E-state index in [4.69, 9.17) is 9.47 Å². The molecule has 0 bridgehead atoms. The molecule has 0 heterocycles. The lowest BCUT2D eigenvalue weighted by Crippen LogP contribution is -2.29. The Morgan fingerprint density at radius 2 is 2.00 bits per heavy atom. The number of rotatable bonds is 9. The maximum atomic E-state index is 5.32. The van der Waals surface area contributed by atoms with E-state index in [9.17, 15) is 0 Å². The molecule has 0 aromatic heterocycles. The topological polar surface area (TPSA) is 30.5 Å². The summed E-state index contributed by atoms with van der Waals surface area (Å²) < 4.78 is 10.2. The normalized spacial score (nSPS) is 13.2. The number of methoxy groups -OCH3 is 1. The minimum Gasteiger partial charge on any atom is -0.382 e. The van der Waals surface area contributed by atoms with Gasteiger partial charge in [-0.1, -0.05) is 13.3 Å². The third-order valence-electron chi connectivity index (χ3n) is 1.89. The molecule has 3 heteroatoms. The first-order valence-corrected chi connectivity index (χ1v) is 5.11. The van der Waals surface area contributed by atoms with Crippen molar-refractivity contribution in [3.8, 4) is 0 Å². The molecule has 0 amide bonds. The van der Waals surface area contributed by atoms with Gasteiger partial charge in [-0.3, -0.25) is 0 Å². The second kappa shape index (κ2) is 9.96. The van der Waals surface area contributed by atoms with Gasteiger partial charge in [0.25, 0.3) is 0 Å². The minimum absolute atomic E-state index is 0.607. The summed E-state index contributed by atoms with van der Waals surface area (Å²) in [6.07, 6.45) is 2.47. The molecular weight excluding hydrogens is 166 g/mol. The third kappa shape index (κ3) is 9.80. The maximum Gasteiger partial charge on any atom is 0.0700 e. The average molecular weight is 189 g/mol. The highest BCUT2D eigenvalue weighted by atomic mass is 16.5. The number of ether oxygens (including phenoxy) is 2. The molecule has 0 aromatic rings. The quantitative estimate of drug-likeness (QED) is 0.557. The van der Waals surface area contributed by atoms with Crippen molar-refractivity contribution in [2.24, 2.45) is 0 Å². The second-order valence-corrected chi connectivity index (χ2v) is 3.25. The Bertz CT molecular complexity index is 98.9. The molecular formula is C10H23NO2. The SMILES string of the molecule is CCCC(C)NCCOCCOC. The van der Waals surface area contributed by atoms with Crippen molar-refractivity contribution in [2.75, 3.05) is 33.5 Å². The lowest BCUT2D eigenvalue weighted by Gasteiger charge is -2.12.